The number of nitriles is 1. The molecule has 0 spiro atoms. The van der Waals surface area contributed by atoms with Crippen molar-refractivity contribution in [2.24, 2.45) is 0 Å². The van der Waals surface area contributed by atoms with Gasteiger partial charge >= 0.3 is 0 Å². The minimum absolute atomic E-state index is 0.805. The molecule has 0 N–H and O–H groups in total. The Kier molecular flexibility index (Phi) is 3.30. The highest BCUT2D eigenvalue weighted by molar-refractivity contribution is 5.71. The Balaban J connectivity index is 3.25. The number of rotatable bonds is 2. The van der Waals surface area contributed by atoms with Gasteiger partial charge in [0.1, 0.15) is 5.75 Å². The Morgan fingerprint density at radius 3 is 2.79 bits per heavy atom. The summed E-state index contributed by atoms with van der Waals surface area (Å²) in [5, 5.41) is 8.56. The van der Waals surface area contributed by atoms with E-state index in [2.05, 4.69) is 0 Å². The molecule has 1 aromatic rings. The Bertz CT molecular complexity index is 399. The van der Waals surface area contributed by atoms with Crippen molar-refractivity contribution in [1.82, 2.24) is 0 Å². The van der Waals surface area contributed by atoms with Gasteiger partial charge in [0, 0.05) is 11.6 Å². The zero-order chi connectivity index (χ0) is 10.6. The number of aryl methyl sites for hydroxylation is 1. The average molecular weight is 187 g/mol. The topological polar surface area (TPSA) is 33.0 Å². The maximum Gasteiger partial charge on any atom is 0.126 e. The molecular formula is C12H13NO. The molecule has 0 atom stereocenters. The third-order valence-corrected chi connectivity index (χ3v) is 2.06. The van der Waals surface area contributed by atoms with Crippen molar-refractivity contribution in [2.45, 2.75) is 13.8 Å². The van der Waals surface area contributed by atoms with E-state index in [-0.39, 0.29) is 0 Å². The molecule has 0 saturated carbocycles. The van der Waals surface area contributed by atoms with Crippen molar-refractivity contribution >= 4 is 5.57 Å². The van der Waals surface area contributed by atoms with E-state index < -0.39 is 0 Å². The molecular weight excluding hydrogens is 174 g/mol. The molecule has 0 aliphatic heterocycles. The summed E-state index contributed by atoms with van der Waals surface area (Å²) in [5.74, 6) is 0.805. The number of benzene rings is 1. The highest BCUT2D eigenvalue weighted by atomic mass is 16.5. The second kappa shape index (κ2) is 4.48. The lowest BCUT2D eigenvalue weighted by Gasteiger charge is -2.08. The summed E-state index contributed by atoms with van der Waals surface area (Å²) in [6, 6.07) is 7.94. The molecule has 0 aliphatic carbocycles. The van der Waals surface area contributed by atoms with E-state index >= 15 is 0 Å². The second-order valence-corrected chi connectivity index (χ2v) is 3.16. The van der Waals surface area contributed by atoms with Crippen molar-refractivity contribution in [2.75, 3.05) is 7.11 Å². The van der Waals surface area contributed by atoms with E-state index in [0.29, 0.717) is 0 Å². The Labute approximate surface area is 84.4 Å². The molecule has 0 radical (unpaired) electrons. The van der Waals surface area contributed by atoms with Crippen LogP contribution in [0.3, 0.4) is 0 Å². The smallest absolute Gasteiger partial charge is 0.126 e. The van der Waals surface area contributed by atoms with Crippen molar-refractivity contribution in [1.29, 1.82) is 5.26 Å². The van der Waals surface area contributed by atoms with E-state index in [1.165, 1.54) is 6.08 Å². The first kappa shape index (κ1) is 10.3. The fraction of sp³-hybridized carbons (Fsp3) is 0.250. The van der Waals surface area contributed by atoms with Crippen molar-refractivity contribution in [3.05, 3.63) is 35.4 Å². The van der Waals surface area contributed by atoms with Gasteiger partial charge in [-0.15, -0.1) is 0 Å². The molecule has 0 unspecified atom stereocenters. The molecule has 1 rings (SSSR count). The zero-order valence-electron chi connectivity index (χ0n) is 8.66. The number of methoxy groups -OCH3 is 1. The molecule has 72 valence electrons. The lowest BCUT2D eigenvalue weighted by atomic mass is 10.0. The minimum atomic E-state index is 0.805. The fourth-order valence-electron chi connectivity index (χ4n) is 1.30. The van der Waals surface area contributed by atoms with Crippen LogP contribution in [0.5, 0.6) is 5.75 Å². The number of allylic oxidation sites excluding steroid dienone is 2. The van der Waals surface area contributed by atoms with Crippen LogP contribution in [0, 0.1) is 18.3 Å². The van der Waals surface area contributed by atoms with Crippen LogP contribution in [-0.2, 0) is 0 Å². The molecule has 2 heteroatoms. The average Bonchev–Trinajstić information content (AvgIpc) is 2.18. The Hall–Kier alpha value is -1.75. The van der Waals surface area contributed by atoms with Gasteiger partial charge in [0.2, 0.25) is 0 Å². The van der Waals surface area contributed by atoms with Gasteiger partial charge in [-0.05, 0) is 31.6 Å². The molecule has 0 saturated heterocycles. The highest BCUT2D eigenvalue weighted by Crippen LogP contribution is 2.26. The number of ether oxygens (including phenoxy) is 1. The van der Waals surface area contributed by atoms with Gasteiger partial charge in [-0.3, -0.25) is 0 Å². The summed E-state index contributed by atoms with van der Waals surface area (Å²) in [5.41, 5.74) is 3.06. The van der Waals surface area contributed by atoms with Gasteiger partial charge in [0.25, 0.3) is 0 Å². The first-order valence-corrected chi connectivity index (χ1v) is 4.40. The van der Waals surface area contributed by atoms with Crippen LogP contribution in [0.1, 0.15) is 18.1 Å². The van der Waals surface area contributed by atoms with Crippen LogP contribution in [0.2, 0.25) is 0 Å². The molecule has 0 aromatic heterocycles. The van der Waals surface area contributed by atoms with Gasteiger partial charge < -0.3 is 4.74 Å². The highest BCUT2D eigenvalue weighted by Gasteiger charge is 2.04. The molecule has 1 aromatic carbocycles. The summed E-state index contributed by atoms with van der Waals surface area (Å²) < 4.78 is 5.22. The molecule has 0 heterocycles. The van der Waals surface area contributed by atoms with Crippen LogP contribution in [-0.4, -0.2) is 7.11 Å². The third kappa shape index (κ3) is 2.14. The standard InChI is InChI=1S/C12H13NO/c1-9-4-5-12(14-3)11(8-9)10(2)6-7-13/h4-6,8H,1-3H3. The van der Waals surface area contributed by atoms with Gasteiger partial charge in [-0.2, -0.15) is 5.26 Å². The van der Waals surface area contributed by atoms with Crippen LogP contribution in [0.25, 0.3) is 5.57 Å². The van der Waals surface area contributed by atoms with Crippen LogP contribution in [0.15, 0.2) is 24.3 Å². The normalized spacial score (nSPS) is 10.9. The van der Waals surface area contributed by atoms with Gasteiger partial charge in [0.05, 0.1) is 13.2 Å². The van der Waals surface area contributed by atoms with Crippen LogP contribution >= 0.6 is 0 Å². The van der Waals surface area contributed by atoms with E-state index in [4.69, 9.17) is 10.00 Å². The quantitative estimate of drug-likeness (QED) is 0.667. The lowest BCUT2D eigenvalue weighted by Crippen LogP contribution is -1.90. The number of hydrogen-bond donors (Lipinski definition) is 0. The first-order chi connectivity index (χ1) is 6.69. The summed E-state index contributed by atoms with van der Waals surface area (Å²) in [6.45, 7) is 3.92. The second-order valence-electron chi connectivity index (χ2n) is 3.16. The molecule has 14 heavy (non-hydrogen) atoms. The molecule has 0 bridgehead atoms. The van der Waals surface area contributed by atoms with Gasteiger partial charge in [0.15, 0.2) is 0 Å². The summed E-state index contributed by atoms with van der Waals surface area (Å²) in [7, 11) is 1.63. The number of nitrogens with zero attached hydrogens (tertiary/aromatic N) is 1. The van der Waals surface area contributed by atoms with Gasteiger partial charge in [-0.1, -0.05) is 11.6 Å². The van der Waals surface area contributed by atoms with E-state index in [1.54, 1.807) is 7.11 Å². The summed E-state index contributed by atoms with van der Waals surface area (Å²) >= 11 is 0. The van der Waals surface area contributed by atoms with Crippen molar-refractivity contribution in [3.63, 3.8) is 0 Å². The Morgan fingerprint density at radius 2 is 2.21 bits per heavy atom. The van der Waals surface area contributed by atoms with E-state index in [1.807, 2.05) is 38.1 Å². The molecule has 0 amide bonds. The molecule has 2 nitrogen and oxygen atoms in total. The monoisotopic (exact) mass is 187 g/mol. The first-order valence-electron chi connectivity index (χ1n) is 4.40. The van der Waals surface area contributed by atoms with Crippen LogP contribution in [0.4, 0.5) is 0 Å². The van der Waals surface area contributed by atoms with Crippen LogP contribution < -0.4 is 4.74 Å². The maximum atomic E-state index is 8.56. The Morgan fingerprint density at radius 1 is 1.50 bits per heavy atom. The fourth-order valence-corrected chi connectivity index (χ4v) is 1.30. The van der Waals surface area contributed by atoms with E-state index in [9.17, 15) is 0 Å². The number of hydrogen-bond acceptors (Lipinski definition) is 2. The summed E-state index contributed by atoms with van der Waals surface area (Å²) in [6.07, 6.45) is 1.53. The largest absolute Gasteiger partial charge is 0.496 e. The predicted octanol–water partition coefficient (Wildman–Crippen LogP) is 2.93. The van der Waals surface area contributed by atoms with E-state index in [0.717, 1.165) is 22.4 Å². The lowest BCUT2D eigenvalue weighted by molar-refractivity contribution is 0.413. The summed E-state index contributed by atoms with van der Waals surface area (Å²) in [4.78, 5) is 0. The predicted molar refractivity (Wildman–Crippen MR) is 57.0 cm³/mol. The molecule has 0 fully saturated rings. The third-order valence-electron chi connectivity index (χ3n) is 2.06. The van der Waals surface area contributed by atoms with Crippen molar-refractivity contribution < 1.29 is 4.74 Å². The van der Waals surface area contributed by atoms with Gasteiger partial charge in [-0.25, -0.2) is 0 Å². The molecule has 0 aliphatic rings. The SMILES string of the molecule is COc1ccc(C)cc1C(C)=CC#N. The maximum absolute atomic E-state index is 8.56. The minimum Gasteiger partial charge on any atom is -0.496 e. The zero-order valence-corrected chi connectivity index (χ0v) is 8.66. The van der Waals surface area contributed by atoms with Crippen molar-refractivity contribution in [3.8, 4) is 11.8 Å².